The molecule has 1 aliphatic rings. The number of carbonyl (C=O) groups is 1. The lowest BCUT2D eigenvalue weighted by molar-refractivity contribution is 0.0674. The van der Waals surface area contributed by atoms with E-state index in [4.69, 9.17) is 4.74 Å². The van der Waals surface area contributed by atoms with Gasteiger partial charge in [-0.1, -0.05) is 12.1 Å². The van der Waals surface area contributed by atoms with Crippen LogP contribution in [0.3, 0.4) is 0 Å². The molecule has 6 heteroatoms. The molecule has 1 aliphatic heterocycles. The first kappa shape index (κ1) is 16.5. The molecule has 1 aromatic carbocycles. The molecule has 24 heavy (non-hydrogen) atoms. The van der Waals surface area contributed by atoms with Crippen LogP contribution in [0.15, 0.2) is 30.5 Å². The molecule has 0 radical (unpaired) electrons. The van der Waals surface area contributed by atoms with E-state index in [9.17, 15) is 4.79 Å². The van der Waals surface area contributed by atoms with Gasteiger partial charge in [-0.05, 0) is 26.0 Å². The Morgan fingerprint density at radius 3 is 2.58 bits per heavy atom. The largest absolute Gasteiger partial charge is 0.496 e. The SMILES string of the molecule is COc1ccccc1-c1nn(C)cc1C(=O)N1CC(C)NC(C)C1. The van der Waals surface area contributed by atoms with E-state index in [2.05, 4.69) is 24.3 Å². The minimum atomic E-state index is 0.0178. The first-order valence-electron chi connectivity index (χ1n) is 8.22. The van der Waals surface area contributed by atoms with Gasteiger partial charge in [0.1, 0.15) is 11.4 Å². The van der Waals surface area contributed by atoms with Crippen LogP contribution in [0.1, 0.15) is 24.2 Å². The van der Waals surface area contributed by atoms with Crippen molar-refractivity contribution in [3.63, 3.8) is 0 Å². The number of carbonyl (C=O) groups excluding carboxylic acids is 1. The van der Waals surface area contributed by atoms with Gasteiger partial charge in [0.15, 0.2) is 0 Å². The number of ether oxygens (including phenoxy) is 1. The molecule has 0 saturated carbocycles. The fourth-order valence-electron chi connectivity index (χ4n) is 3.35. The number of para-hydroxylation sites is 1. The molecule has 0 aliphatic carbocycles. The maximum absolute atomic E-state index is 13.1. The summed E-state index contributed by atoms with van der Waals surface area (Å²) in [5, 5.41) is 7.97. The van der Waals surface area contributed by atoms with E-state index in [0.717, 1.165) is 5.56 Å². The molecular formula is C18H24N4O2. The molecule has 1 saturated heterocycles. The Labute approximate surface area is 142 Å². The molecule has 1 aromatic heterocycles. The molecule has 1 amide bonds. The fourth-order valence-corrected chi connectivity index (χ4v) is 3.35. The van der Waals surface area contributed by atoms with Gasteiger partial charge in [-0.3, -0.25) is 9.48 Å². The van der Waals surface area contributed by atoms with Crippen LogP contribution in [0.5, 0.6) is 5.75 Å². The minimum Gasteiger partial charge on any atom is -0.496 e. The van der Waals surface area contributed by atoms with Crippen LogP contribution in [-0.4, -0.2) is 52.9 Å². The molecule has 0 spiro atoms. The number of hydrogen-bond acceptors (Lipinski definition) is 4. The van der Waals surface area contributed by atoms with E-state index in [1.165, 1.54) is 0 Å². The van der Waals surface area contributed by atoms with Crippen LogP contribution in [-0.2, 0) is 7.05 Å². The van der Waals surface area contributed by atoms with Crippen molar-refractivity contribution in [1.82, 2.24) is 20.0 Å². The van der Waals surface area contributed by atoms with Crippen LogP contribution < -0.4 is 10.1 Å². The highest BCUT2D eigenvalue weighted by molar-refractivity contribution is 6.00. The number of aromatic nitrogens is 2. The van der Waals surface area contributed by atoms with Gasteiger partial charge in [-0.2, -0.15) is 5.10 Å². The van der Waals surface area contributed by atoms with Crippen molar-refractivity contribution in [2.75, 3.05) is 20.2 Å². The highest BCUT2D eigenvalue weighted by Crippen LogP contribution is 2.31. The van der Waals surface area contributed by atoms with Crippen LogP contribution >= 0.6 is 0 Å². The van der Waals surface area contributed by atoms with Crippen LogP contribution in [0, 0.1) is 0 Å². The summed E-state index contributed by atoms with van der Waals surface area (Å²) in [5.41, 5.74) is 2.11. The second-order valence-electron chi connectivity index (χ2n) is 6.44. The van der Waals surface area contributed by atoms with Crippen LogP contribution in [0.4, 0.5) is 0 Å². The summed E-state index contributed by atoms with van der Waals surface area (Å²) in [6, 6.07) is 8.21. The standard InChI is InChI=1S/C18H24N4O2/c1-12-9-22(10-13(2)19-12)18(23)15-11-21(3)20-17(15)14-7-5-6-8-16(14)24-4/h5-8,11-13,19H,9-10H2,1-4H3. The van der Waals surface area contributed by atoms with Gasteiger partial charge in [0.25, 0.3) is 5.91 Å². The van der Waals surface area contributed by atoms with Crippen molar-refractivity contribution in [1.29, 1.82) is 0 Å². The van der Waals surface area contributed by atoms with Crippen LogP contribution in [0.2, 0.25) is 0 Å². The maximum atomic E-state index is 13.1. The average molecular weight is 328 g/mol. The van der Waals surface area contributed by atoms with E-state index in [-0.39, 0.29) is 18.0 Å². The minimum absolute atomic E-state index is 0.0178. The number of benzene rings is 1. The molecule has 2 atom stereocenters. The quantitative estimate of drug-likeness (QED) is 0.935. The second-order valence-corrected chi connectivity index (χ2v) is 6.44. The molecule has 2 unspecified atom stereocenters. The number of nitrogens with one attached hydrogen (secondary N) is 1. The molecule has 2 heterocycles. The average Bonchev–Trinajstić information content (AvgIpc) is 2.94. The molecule has 3 rings (SSSR count). The third kappa shape index (κ3) is 3.14. The van der Waals surface area contributed by atoms with Crippen molar-refractivity contribution in [3.8, 4) is 17.0 Å². The summed E-state index contributed by atoms with van der Waals surface area (Å²) in [5.74, 6) is 0.733. The first-order valence-corrected chi connectivity index (χ1v) is 8.22. The van der Waals surface area contributed by atoms with Crippen molar-refractivity contribution >= 4 is 5.91 Å². The number of piperazine rings is 1. The lowest BCUT2D eigenvalue weighted by Gasteiger charge is -2.36. The molecule has 0 bridgehead atoms. The predicted octanol–water partition coefficient (Wildman–Crippen LogP) is 1.92. The Kier molecular flexibility index (Phi) is 4.57. The van der Waals surface area contributed by atoms with Crippen LogP contribution in [0.25, 0.3) is 11.3 Å². The van der Waals surface area contributed by atoms with Gasteiger partial charge in [0.2, 0.25) is 0 Å². The normalized spacial score (nSPS) is 20.9. The van der Waals surface area contributed by atoms with Gasteiger partial charge >= 0.3 is 0 Å². The van der Waals surface area contributed by atoms with Crippen molar-refractivity contribution in [2.45, 2.75) is 25.9 Å². The first-order chi connectivity index (χ1) is 11.5. The highest BCUT2D eigenvalue weighted by Gasteiger charge is 2.29. The van der Waals surface area contributed by atoms with Gasteiger partial charge in [0, 0.05) is 44.0 Å². The van der Waals surface area contributed by atoms with Gasteiger partial charge in [-0.25, -0.2) is 0 Å². The summed E-state index contributed by atoms with van der Waals surface area (Å²) < 4.78 is 7.12. The summed E-state index contributed by atoms with van der Waals surface area (Å²) in [4.78, 5) is 15.0. The van der Waals surface area contributed by atoms with Gasteiger partial charge in [0.05, 0.1) is 12.7 Å². The molecule has 128 valence electrons. The third-order valence-corrected chi connectivity index (χ3v) is 4.27. The van der Waals surface area contributed by atoms with E-state index in [1.54, 1.807) is 18.0 Å². The van der Waals surface area contributed by atoms with E-state index >= 15 is 0 Å². The zero-order valence-electron chi connectivity index (χ0n) is 14.6. The molecular weight excluding hydrogens is 304 g/mol. The van der Waals surface area contributed by atoms with E-state index in [0.29, 0.717) is 30.1 Å². The number of hydrogen-bond donors (Lipinski definition) is 1. The van der Waals surface area contributed by atoms with E-state index < -0.39 is 0 Å². The Morgan fingerprint density at radius 2 is 1.92 bits per heavy atom. The number of aryl methyl sites for hydroxylation is 1. The fraction of sp³-hybridized carbons (Fsp3) is 0.444. The molecule has 1 fully saturated rings. The van der Waals surface area contributed by atoms with Crippen molar-refractivity contribution in [3.05, 3.63) is 36.0 Å². The Balaban J connectivity index is 1.99. The van der Waals surface area contributed by atoms with Crippen molar-refractivity contribution < 1.29 is 9.53 Å². The summed E-state index contributed by atoms with van der Waals surface area (Å²) >= 11 is 0. The molecule has 2 aromatic rings. The van der Waals surface area contributed by atoms with Crippen molar-refractivity contribution in [2.24, 2.45) is 7.05 Å². The summed E-state index contributed by atoms with van der Waals surface area (Å²) in [6.45, 7) is 5.59. The predicted molar refractivity (Wildman–Crippen MR) is 93.2 cm³/mol. The molecule has 6 nitrogen and oxygen atoms in total. The number of methoxy groups -OCH3 is 1. The lowest BCUT2D eigenvalue weighted by atomic mass is 10.0. The summed E-state index contributed by atoms with van der Waals surface area (Å²) in [7, 11) is 3.46. The lowest BCUT2D eigenvalue weighted by Crippen LogP contribution is -2.55. The monoisotopic (exact) mass is 328 g/mol. The Morgan fingerprint density at radius 1 is 1.25 bits per heavy atom. The maximum Gasteiger partial charge on any atom is 0.257 e. The second kappa shape index (κ2) is 6.65. The Bertz CT molecular complexity index is 730. The summed E-state index contributed by atoms with van der Waals surface area (Å²) in [6.07, 6.45) is 1.79. The van der Waals surface area contributed by atoms with Gasteiger partial charge in [-0.15, -0.1) is 0 Å². The zero-order valence-corrected chi connectivity index (χ0v) is 14.6. The zero-order chi connectivity index (χ0) is 17.3. The highest BCUT2D eigenvalue weighted by atomic mass is 16.5. The Hall–Kier alpha value is -2.34. The number of amides is 1. The number of rotatable bonds is 3. The third-order valence-electron chi connectivity index (χ3n) is 4.27. The topological polar surface area (TPSA) is 59.4 Å². The van der Waals surface area contributed by atoms with Gasteiger partial charge < -0.3 is 15.0 Å². The van der Waals surface area contributed by atoms with E-state index in [1.807, 2.05) is 36.2 Å². The number of nitrogens with zero attached hydrogens (tertiary/aromatic N) is 3. The smallest absolute Gasteiger partial charge is 0.257 e. The molecule has 1 N–H and O–H groups in total.